The number of thiophene rings is 1. The van der Waals surface area contributed by atoms with Crippen LogP contribution in [0.25, 0.3) is 10.1 Å². The number of piperidine rings is 1. The Kier molecular flexibility index (Phi) is 5.11. The third-order valence-electron chi connectivity index (χ3n) is 4.65. The van der Waals surface area contributed by atoms with Crippen molar-refractivity contribution in [3.8, 4) is 0 Å². The summed E-state index contributed by atoms with van der Waals surface area (Å²) in [6, 6.07) is 9.11. The highest BCUT2D eigenvalue weighted by Gasteiger charge is 2.21. The molecule has 118 valence electrons. The minimum absolute atomic E-state index is 0.328. The maximum Gasteiger partial charge on any atom is 0.222 e. The van der Waals surface area contributed by atoms with E-state index >= 15 is 0 Å². The average molecular weight is 316 g/mol. The molecule has 4 heteroatoms. The maximum absolute atomic E-state index is 12.3. The summed E-state index contributed by atoms with van der Waals surface area (Å²) in [4.78, 5) is 14.3. The largest absolute Gasteiger partial charge is 0.343 e. The lowest BCUT2D eigenvalue weighted by molar-refractivity contribution is -0.132. The van der Waals surface area contributed by atoms with Gasteiger partial charge in [-0.1, -0.05) is 18.2 Å². The van der Waals surface area contributed by atoms with Crippen molar-refractivity contribution in [2.45, 2.75) is 38.1 Å². The Morgan fingerprint density at radius 1 is 1.32 bits per heavy atom. The van der Waals surface area contributed by atoms with E-state index in [1.165, 1.54) is 15.6 Å². The van der Waals surface area contributed by atoms with Gasteiger partial charge in [0.2, 0.25) is 5.91 Å². The van der Waals surface area contributed by atoms with Crippen LogP contribution in [0.3, 0.4) is 0 Å². The van der Waals surface area contributed by atoms with Crippen LogP contribution in [0, 0.1) is 0 Å². The lowest BCUT2D eigenvalue weighted by atomic mass is 10.0. The lowest BCUT2D eigenvalue weighted by Crippen LogP contribution is -2.43. The third-order valence-corrected chi connectivity index (χ3v) is 5.67. The molecule has 0 radical (unpaired) electrons. The van der Waals surface area contributed by atoms with Crippen molar-refractivity contribution in [1.82, 2.24) is 10.2 Å². The van der Waals surface area contributed by atoms with Gasteiger partial charge < -0.3 is 10.2 Å². The number of benzene rings is 1. The average Bonchev–Trinajstić information content (AvgIpc) is 2.98. The first-order valence-corrected chi connectivity index (χ1v) is 9.06. The van der Waals surface area contributed by atoms with Crippen molar-refractivity contribution in [2.75, 3.05) is 20.1 Å². The van der Waals surface area contributed by atoms with Gasteiger partial charge in [0, 0.05) is 30.3 Å². The topological polar surface area (TPSA) is 32.3 Å². The summed E-state index contributed by atoms with van der Waals surface area (Å²) in [6.45, 7) is 1.82. The molecule has 0 atom stereocenters. The van der Waals surface area contributed by atoms with E-state index in [2.05, 4.69) is 35.0 Å². The number of hydrogen-bond donors (Lipinski definition) is 1. The molecule has 1 N–H and O–H groups in total. The minimum Gasteiger partial charge on any atom is -0.343 e. The van der Waals surface area contributed by atoms with E-state index in [0.717, 1.165) is 38.8 Å². The number of nitrogens with one attached hydrogen (secondary N) is 1. The number of amides is 1. The van der Waals surface area contributed by atoms with Crippen molar-refractivity contribution >= 4 is 27.3 Å². The van der Waals surface area contributed by atoms with E-state index in [0.29, 0.717) is 18.4 Å². The summed E-state index contributed by atoms with van der Waals surface area (Å²) in [5.41, 5.74) is 1.39. The first kappa shape index (κ1) is 15.5. The minimum atomic E-state index is 0.328. The van der Waals surface area contributed by atoms with Gasteiger partial charge in [-0.3, -0.25) is 4.79 Å². The molecular weight excluding hydrogens is 292 g/mol. The van der Waals surface area contributed by atoms with Gasteiger partial charge in [0.15, 0.2) is 0 Å². The zero-order valence-corrected chi connectivity index (χ0v) is 14.0. The fraction of sp³-hybridized carbons (Fsp3) is 0.500. The first-order chi connectivity index (χ1) is 10.8. The number of carbonyl (C=O) groups is 1. The van der Waals surface area contributed by atoms with Crippen LogP contribution in [0.4, 0.5) is 0 Å². The zero-order valence-electron chi connectivity index (χ0n) is 13.2. The van der Waals surface area contributed by atoms with E-state index in [4.69, 9.17) is 0 Å². The Labute approximate surface area is 136 Å². The van der Waals surface area contributed by atoms with Gasteiger partial charge in [0.05, 0.1) is 0 Å². The molecule has 0 bridgehead atoms. The highest BCUT2D eigenvalue weighted by Crippen LogP contribution is 2.26. The highest BCUT2D eigenvalue weighted by molar-refractivity contribution is 7.17. The molecule has 1 aromatic heterocycles. The van der Waals surface area contributed by atoms with Crippen molar-refractivity contribution in [3.63, 3.8) is 0 Å². The van der Waals surface area contributed by atoms with Crippen LogP contribution in [0.5, 0.6) is 0 Å². The summed E-state index contributed by atoms with van der Waals surface area (Å²) in [7, 11) is 2.01. The number of aryl methyl sites for hydroxylation is 1. The molecule has 1 fully saturated rings. The molecular formula is C18H24N2OS. The van der Waals surface area contributed by atoms with Gasteiger partial charge in [-0.05, 0) is 55.1 Å². The van der Waals surface area contributed by atoms with E-state index in [1.807, 2.05) is 11.9 Å². The zero-order chi connectivity index (χ0) is 15.4. The van der Waals surface area contributed by atoms with Crippen LogP contribution in [0.2, 0.25) is 0 Å². The molecule has 1 aliphatic rings. The molecule has 1 aliphatic heterocycles. The summed E-state index contributed by atoms with van der Waals surface area (Å²) in [5.74, 6) is 0.328. The van der Waals surface area contributed by atoms with Crippen LogP contribution in [-0.4, -0.2) is 37.0 Å². The number of carbonyl (C=O) groups excluding carboxylic acids is 1. The van der Waals surface area contributed by atoms with Crippen LogP contribution >= 0.6 is 11.3 Å². The van der Waals surface area contributed by atoms with Gasteiger partial charge >= 0.3 is 0 Å². The fourth-order valence-electron chi connectivity index (χ4n) is 3.23. The Bertz CT molecular complexity index is 629. The summed E-state index contributed by atoms with van der Waals surface area (Å²) in [5, 5.41) is 6.91. The Hall–Kier alpha value is -1.39. The fourth-order valence-corrected chi connectivity index (χ4v) is 4.23. The Morgan fingerprint density at radius 3 is 2.86 bits per heavy atom. The second-order valence-electron chi connectivity index (χ2n) is 6.05. The van der Waals surface area contributed by atoms with Gasteiger partial charge in [0.1, 0.15) is 0 Å². The summed E-state index contributed by atoms with van der Waals surface area (Å²) < 4.78 is 1.35. The molecule has 1 aromatic carbocycles. The maximum atomic E-state index is 12.3. The van der Waals surface area contributed by atoms with Crippen LogP contribution in [0.15, 0.2) is 29.6 Å². The first-order valence-electron chi connectivity index (χ1n) is 8.18. The quantitative estimate of drug-likeness (QED) is 0.916. The van der Waals surface area contributed by atoms with Crippen molar-refractivity contribution in [2.24, 2.45) is 0 Å². The lowest BCUT2D eigenvalue weighted by Gasteiger charge is -2.31. The third kappa shape index (κ3) is 3.50. The number of likely N-dealkylation sites (tertiary alicyclic amines) is 1. The van der Waals surface area contributed by atoms with E-state index < -0.39 is 0 Å². The molecule has 1 amide bonds. The molecule has 2 heterocycles. The Morgan fingerprint density at radius 2 is 2.09 bits per heavy atom. The number of nitrogens with zero attached hydrogens (tertiary/aromatic N) is 1. The number of fused-ring (bicyclic) bond motifs is 1. The van der Waals surface area contributed by atoms with Gasteiger partial charge in [-0.25, -0.2) is 0 Å². The second kappa shape index (κ2) is 7.25. The molecule has 3 rings (SSSR count). The van der Waals surface area contributed by atoms with Gasteiger partial charge in [0.25, 0.3) is 0 Å². The smallest absolute Gasteiger partial charge is 0.222 e. The molecule has 0 aliphatic carbocycles. The van der Waals surface area contributed by atoms with E-state index in [1.54, 1.807) is 11.3 Å². The summed E-state index contributed by atoms with van der Waals surface area (Å²) in [6.07, 6.45) is 4.79. The van der Waals surface area contributed by atoms with Crippen molar-refractivity contribution < 1.29 is 4.79 Å². The molecule has 3 nitrogen and oxygen atoms in total. The predicted octanol–water partition coefficient (Wildman–Crippen LogP) is 3.43. The van der Waals surface area contributed by atoms with Crippen molar-refractivity contribution in [3.05, 3.63) is 35.2 Å². The van der Waals surface area contributed by atoms with Crippen LogP contribution in [0.1, 0.15) is 31.2 Å². The number of hydrogen-bond acceptors (Lipinski definition) is 3. The normalized spacial score (nSPS) is 16.3. The van der Waals surface area contributed by atoms with Gasteiger partial charge in [-0.15, -0.1) is 11.3 Å². The molecule has 22 heavy (non-hydrogen) atoms. The Balaban J connectivity index is 1.48. The highest BCUT2D eigenvalue weighted by atomic mass is 32.1. The molecule has 0 spiro atoms. The molecule has 2 aromatic rings. The predicted molar refractivity (Wildman–Crippen MR) is 93.4 cm³/mol. The monoisotopic (exact) mass is 316 g/mol. The standard InChI is InChI=1S/C18H24N2OS/c1-19-15-9-11-20(12-10-15)18(21)8-4-5-14-13-22-17-7-3-2-6-16(14)17/h2-3,6-7,13,15,19H,4-5,8-12H2,1H3. The van der Waals surface area contributed by atoms with Gasteiger partial charge in [-0.2, -0.15) is 0 Å². The second-order valence-corrected chi connectivity index (χ2v) is 6.97. The molecule has 0 unspecified atom stereocenters. The van der Waals surface area contributed by atoms with Crippen LogP contribution < -0.4 is 5.32 Å². The number of rotatable bonds is 5. The molecule has 1 saturated heterocycles. The van der Waals surface area contributed by atoms with Crippen molar-refractivity contribution in [1.29, 1.82) is 0 Å². The summed E-state index contributed by atoms with van der Waals surface area (Å²) >= 11 is 1.80. The SMILES string of the molecule is CNC1CCN(C(=O)CCCc2csc3ccccc23)CC1. The van der Waals surface area contributed by atoms with Crippen LogP contribution in [-0.2, 0) is 11.2 Å². The van der Waals surface area contributed by atoms with E-state index in [-0.39, 0.29) is 0 Å². The molecule has 0 saturated carbocycles. The van der Waals surface area contributed by atoms with E-state index in [9.17, 15) is 4.79 Å².